The van der Waals surface area contributed by atoms with Crippen molar-refractivity contribution in [2.75, 3.05) is 13.7 Å². The van der Waals surface area contributed by atoms with Gasteiger partial charge in [0.1, 0.15) is 17.6 Å². The number of oxazole rings is 1. The molecule has 0 amide bonds. The van der Waals surface area contributed by atoms with Crippen molar-refractivity contribution >= 4 is 30.3 Å². The minimum atomic E-state index is -0.420. The molecule has 0 saturated heterocycles. The largest absolute Gasteiger partial charge is 0.493 e. The predicted molar refractivity (Wildman–Crippen MR) is 142 cm³/mol. The third-order valence-corrected chi connectivity index (χ3v) is 7.41. The van der Waals surface area contributed by atoms with E-state index in [9.17, 15) is 4.79 Å². The zero-order valence-corrected chi connectivity index (χ0v) is 21.3. The van der Waals surface area contributed by atoms with Crippen LogP contribution < -0.4 is 10.1 Å². The quantitative estimate of drug-likeness (QED) is 0.269. The lowest BCUT2D eigenvalue weighted by molar-refractivity contribution is -0.142. The molecule has 0 radical (unpaired) electrons. The van der Waals surface area contributed by atoms with Crippen molar-refractivity contribution in [1.82, 2.24) is 10.3 Å². The fraction of sp³-hybridized carbons (Fsp3) is 0.222. The van der Waals surface area contributed by atoms with E-state index in [1.165, 1.54) is 7.11 Å². The van der Waals surface area contributed by atoms with Crippen LogP contribution in [0.2, 0.25) is 0 Å². The Morgan fingerprint density at radius 2 is 1.91 bits per heavy atom. The zero-order valence-electron chi connectivity index (χ0n) is 19.2. The molecule has 0 fully saturated rings. The molecule has 1 unspecified atom stereocenters. The Kier molecular flexibility index (Phi) is 8.43. The van der Waals surface area contributed by atoms with Gasteiger partial charge in [-0.2, -0.15) is 0 Å². The van der Waals surface area contributed by atoms with E-state index in [0.29, 0.717) is 25.3 Å². The molecule has 1 aliphatic heterocycles. The number of methoxy groups -OCH3 is 1. The van der Waals surface area contributed by atoms with Crippen molar-refractivity contribution in [3.8, 4) is 17.2 Å². The number of allylic oxidation sites excluding steroid dienone is 2. The summed E-state index contributed by atoms with van der Waals surface area (Å²) in [6.07, 6.45) is 7.24. The van der Waals surface area contributed by atoms with E-state index in [0.717, 1.165) is 32.0 Å². The predicted octanol–water partition coefficient (Wildman–Crippen LogP) is 5.13. The van der Waals surface area contributed by atoms with E-state index in [4.69, 9.17) is 13.9 Å². The Bertz CT molecular complexity index is 1200. The number of halogens is 1. The summed E-state index contributed by atoms with van der Waals surface area (Å²) in [6.45, 7) is 2.42. The topological polar surface area (TPSA) is 73.6 Å². The molecule has 0 bridgehead atoms. The maximum atomic E-state index is 12.3. The SMILES string of the molecule is COC(=O)C(Cc1ccc(OCCc2nc(-c3ccccc3)oc2C)cc1)NC1=IC=CC=C1. The van der Waals surface area contributed by atoms with Crippen LogP contribution >= 0.6 is 20.7 Å². The third kappa shape index (κ3) is 6.51. The lowest BCUT2D eigenvalue weighted by Gasteiger charge is -2.17. The van der Waals surface area contributed by atoms with E-state index < -0.39 is 6.04 Å². The molecule has 4 rings (SSSR count). The van der Waals surface area contributed by atoms with Crippen molar-refractivity contribution in [2.45, 2.75) is 25.8 Å². The summed E-state index contributed by atoms with van der Waals surface area (Å²) in [6, 6.07) is 17.3. The number of aromatic nitrogens is 1. The molecule has 0 saturated carbocycles. The van der Waals surface area contributed by atoms with Crippen LogP contribution in [-0.2, 0) is 22.4 Å². The average Bonchev–Trinajstić information content (AvgIpc) is 3.25. The molecule has 6 nitrogen and oxygen atoms in total. The maximum absolute atomic E-state index is 12.3. The van der Waals surface area contributed by atoms with E-state index >= 15 is 0 Å². The highest BCUT2D eigenvalue weighted by Gasteiger charge is 2.20. The molecule has 0 aliphatic carbocycles. The highest BCUT2D eigenvalue weighted by Crippen LogP contribution is 2.22. The van der Waals surface area contributed by atoms with Gasteiger partial charge in [-0.3, -0.25) is 10.1 Å². The van der Waals surface area contributed by atoms with Gasteiger partial charge in [0.05, 0.1) is 19.4 Å². The first-order valence-electron chi connectivity index (χ1n) is 11.0. The molecular formula is C27H27IN2O4. The van der Waals surface area contributed by atoms with Crippen LogP contribution in [0.1, 0.15) is 17.0 Å². The van der Waals surface area contributed by atoms with Crippen molar-refractivity contribution < 1.29 is 18.7 Å². The van der Waals surface area contributed by atoms with Crippen LogP contribution in [0, 0.1) is 6.92 Å². The Labute approximate surface area is 209 Å². The fourth-order valence-corrected chi connectivity index (χ4v) is 5.30. The number of benzene rings is 2. The Morgan fingerprint density at radius 3 is 2.62 bits per heavy atom. The fourth-order valence-electron chi connectivity index (χ4n) is 3.49. The number of carbonyl (C=O) groups is 1. The van der Waals surface area contributed by atoms with Gasteiger partial charge in [-0.15, -0.1) is 0 Å². The number of carbonyl (C=O) groups excluding carboxylic acids is 1. The number of hydrogen-bond donors (Lipinski definition) is 1. The molecule has 1 aromatic heterocycles. The second kappa shape index (κ2) is 11.9. The van der Waals surface area contributed by atoms with Crippen LogP contribution in [0.4, 0.5) is 0 Å². The van der Waals surface area contributed by atoms with Gasteiger partial charge in [0.2, 0.25) is 5.89 Å². The molecule has 34 heavy (non-hydrogen) atoms. The highest BCUT2D eigenvalue weighted by atomic mass is 127. The van der Waals surface area contributed by atoms with E-state index in [1.54, 1.807) is 0 Å². The van der Waals surface area contributed by atoms with Crippen LogP contribution in [0.15, 0.2) is 81.3 Å². The minimum absolute atomic E-state index is 0.240. The van der Waals surface area contributed by atoms with Crippen molar-refractivity contribution in [2.24, 2.45) is 0 Å². The molecule has 2 heterocycles. The van der Waals surface area contributed by atoms with Gasteiger partial charge < -0.3 is 13.9 Å². The smallest absolute Gasteiger partial charge is 0.323 e. The van der Waals surface area contributed by atoms with E-state index in [2.05, 4.69) is 14.4 Å². The Morgan fingerprint density at radius 1 is 1.12 bits per heavy atom. The second-order valence-electron chi connectivity index (χ2n) is 7.69. The minimum Gasteiger partial charge on any atom is -0.493 e. The highest BCUT2D eigenvalue weighted by molar-refractivity contribution is 14.2. The third-order valence-electron chi connectivity index (χ3n) is 5.29. The van der Waals surface area contributed by atoms with Crippen molar-refractivity contribution in [1.29, 1.82) is 0 Å². The molecule has 2 aromatic carbocycles. The molecule has 1 aliphatic rings. The van der Waals surface area contributed by atoms with E-state index in [1.807, 2.05) is 79.7 Å². The first kappa shape index (κ1) is 24.1. The molecular weight excluding hydrogens is 543 g/mol. The van der Waals surface area contributed by atoms with Crippen LogP contribution in [0.25, 0.3) is 11.5 Å². The number of ether oxygens (including phenoxy) is 2. The monoisotopic (exact) mass is 570 g/mol. The second-order valence-corrected chi connectivity index (χ2v) is 10.2. The summed E-state index contributed by atoms with van der Waals surface area (Å²) in [4.78, 5) is 16.9. The summed E-state index contributed by atoms with van der Waals surface area (Å²) in [5.41, 5.74) is 2.89. The van der Waals surface area contributed by atoms with Gasteiger partial charge in [-0.25, -0.2) is 4.98 Å². The summed E-state index contributed by atoms with van der Waals surface area (Å²) in [5, 5.41) is 3.35. The normalized spacial score (nSPS) is 13.6. The number of hydrogen-bond acceptors (Lipinski definition) is 6. The number of nitrogens with one attached hydrogen (secondary N) is 1. The zero-order chi connectivity index (χ0) is 23.8. The summed E-state index contributed by atoms with van der Waals surface area (Å²) >= 11 is -0.240. The number of esters is 1. The van der Waals surface area contributed by atoms with Gasteiger partial charge in [0, 0.05) is 15.6 Å². The number of rotatable bonds is 10. The molecule has 1 atom stereocenters. The molecule has 7 heteroatoms. The maximum Gasteiger partial charge on any atom is 0.323 e. The van der Waals surface area contributed by atoms with Gasteiger partial charge in [-0.1, -0.05) is 63.2 Å². The first-order chi connectivity index (χ1) is 16.6. The average molecular weight is 570 g/mol. The van der Waals surface area contributed by atoms with Crippen molar-refractivity contribution in [3.05, 3.63) is 93.9 Å². The molecule has 176 valence electrons. The van der Waals surface area contributed by atoms with Gasteiger partial charge in [-0.05, 0) is 53.3 Å². The van der Waals surface area contributed by atoms with Crippen LogP contribution in [0.3, 0.4) is 0 Å². The number of aryl methyl sites for hydroxylation is 1. The summed E-state index contributed by atoms with van der Waals surface area (Å²) in [5.74, 6) is 1.95. The van der Waals surface area contributed by atoms with Gasteiger partial charge in [0.25, 0.3) is 0 Å². The summed E-state index contributed by atoms with van der Waals surface area (Å²) in [7, 11) is 1.42. The lowest BCUT2D eigenvalue weighted by atomic mass is 10.1. The molecule has 3 aromatic rings. The first-order valence-corrected chi connectivity index (χ1v) is 13.4. The Balaban J connectivity index is 1.31. The van der Waals surface area contributed by atoms with Crippen LogP contribution in [0.5, 0.6) is 5.75 Å². The summed E-state index contributed by atoms with van der Waals surface area (Å²) < 4.78 is 20.0. The lowest BCUT2D eigenvalue weighted by Crippen LogP contribution is -2.41. The number of nitrogens with zero attached hydrogens (tertiary/aromatic N) is 1. The van der Waals surface area contributed by atoms with Crippen molar-refractivity contribution in [3.63, 3.8) is 0 Å². The van der Waals surface area contributed by atoms with Gasteiger partial charge in [0.15, 0.2) is 0 Å². The van der Waals surface area contributed by atoms with E-state index in [-0.39, 0.29) is 26.7 Å². The van der Waals surface area contributed by atoms with Gasteiger partial charge >= 0.3 is 5.97 Å². The Hall–Kier alpha value is -3.04. The van der Waals surface area contributed by atoms with Crippen LogP contribution in [-0.4, -0.2) is 34.3 Å². The molecule has 1 N–H and O–H groups in total. The standard InChI is InChI=1S/C27H27IN2O4/c1-19-23(30-26(34-19)21-8-4-3-5-9-21)15-17-33-22-13-11-20(12-14-22)18-24(27(31)32-2)29-25-10-6-7-16-28-25/h3-14,16,24,29H,15,17-18H2,1-2H3. The molecule has 0 spiro atoms.